The van der Waals surface area contributed by atoms with Crippen LogP contribution in [0, 0.1) is 0 Å². The number of para-hydroxylation sites is 2. The van der Waals surface area contributed by atoms with Crippen LogP contribution in [0.3, 0.4) is 0 Å². The number of aromatic nitrogens is 3. The Labute approximate surface area is 208 Å². The Morgan fingerprint density at radius 2 is 1.64 bits per heavy atom. The molecule has 3 N–H and O–H groups in total. The number of ether oxygens (including phenoxy) is 1. The highest BCUT2D eigenvalue weighted by Gasteiger charge is 2.20. The first kappa shape index (κ1) is 23.5. The first-order chi connectivity index (χ1) is 17.4. The third kappa shape index (κ3) is 4.76. The summed E-state index contributed by atoms with van der Waals surface area (Å²) in [5, 5.41) is 18.7. The van der Waals surface area contributed by atoms with E-state index in [9.17, 15) is 18.1 Å². The van der Waals surface area contributed by atoms with Crippen LogP contribution in [0.4, 0.5) is 10.2 Å². The van der Waals surface area contributed by atoms with Crippen molar-refractivity contribution in [3.63, 3.8) is 0 Å². The van der Waals surface area contributed by atoms with Crippen molar-refractivity contribution >= 4 is 38.2 Å². The lowest BCUT2D eigenvalue weighted by molar-refractivity contribution is -0.00849. The molecule has 0 aliphatic carbocycles. The molecule has 0 amide bonds. The van der Waals surface area contributed by atoms with Crippen LogP contribution in [0.25, 0.3) is 10.8 Å². The maximum atomic E-state index is 13.2. The van der Waals surface area contributed by atoms with Crippen molar-refractivity contribution < 1.29 is 27.7 Å². The standard InChI is InChI=1S/C24H17FN4O5S2/c25-34-21-8-4-3-7-20(21)33-15-9-11-16(12-10-15)36(31,32)29-19-13-22(35-24-26-14-27-28-24)23(30)18-6-2-1-5-17(18)19/h1-14,29-30H,(H,26,27,28). The van der Waals surface area contributed by atoms with E-state index >= 15 is 0 Å². The second-order valence-electron chi connectivity index (χ2n) is 7.41. The van der Waals surface area contributed by atoms with Crippen LogP contribution in [0.1, 0.15) is 0 Å². The Balaban J connectivity index is 1.45. The molecule has 182 valence electrons. The van der Waals surface area contributed by atoms with Gasteiger partial charge < -0.3 is 9.84 Å². The zero-order valence-electron chi connectivity index (χ0n) is 18.3. The number of fused-ring (bicyclic) bond motifs is 1. The fraction of sp³-hybridized carbons (Fsp3) is 0. The lowest BCUT2D eigenvalue weighted by atomic mass is 10.1. The zero-order chi connectivity index (χ0) is 25.1. The highest BCUT2D eigenvalue weighted by atomic mass is 32.2. The smallest absolute Gasteiger partial charge is 0.261 e. The molecule has 1 heterocycles. The molecule has 0 aliphatic heterocycles. The zero-order valence-corrected chi connectivity index (χ0v) is 19.9. The number of aromatic hydroxyl groups is 1. The number of phenolic OH excluding ortho intramolecular Hbond substituents is 1. The van der Waals surface area contributed by atoms with Gasteiger partial charge in [0.2, 0.25) is 5.75 Å². The Kier molecular flexibility index (Phi) is 6.36. The van der Waals surface area contributed by atoms with Crippen molar-refractivity contribution in [1.82, 2.24) is 15.2 Å². The monoisotopic (exact) mass is 524 g/mol. The van der Waals surface area contributed by atoms with E-state index in [1.165, 1.54) is 48.8 Å². The molecule has 0 saturated carbocycles. The van der Waals surface area contributed by atoms with Gasteiger partial charge in [0.05, 0.1) is 15.5 Å². The summed E-state index contributed by atoms with van der Waals surface area (Å²) in [6.07, 6.45) is 1.33. The lowest BCUT2D eigenvalue weighted by Gasteiger charge is -2.15. The van der Waals surface area contributed by atoms with Crippen molar-refractivity contribution in [2.45, 2.75) is 14.9 Å². The minimum Gasteiger partial charge on any atom is -0.506 e. The molecular formula is C24H17FN4O5S2. The number of halogens is 1. The van der Waals surface area contributed by atoms with Gasteiger partial charge in [-0.25, -0.2) is 13.4 Å². The number of nitrogens with zero attached hydrogens (tertiary/aromatic N) is 2. The number of benzene rings is 4. The third-order valence-electron chi connectivity index (χ3n) is 5.12. The van der Waals surface area contributed by atoms with Crippen LogP contribution < -0.4 is 14.4 Å². The van der Waals surface area contributed by atoms with E-state index in [-0.39, 0.29) is 27.8 Å². The number of hydrogen-bond donors (Lipinski definition) is 3. The number of H-pyrrole nitrogens is 1. The fourth-order valence-corrected chi connectivity index (χ4v) is 5.32. The molecule has 1 aromatic heterocycles. The van der Waals surface area contributed by atoms with E-state index in [4.69, 9.17) is 4.74 Å². The van der Waals surface area contributed by atoms with E-state index in [0.29, 0.717) is 26.6 Å². The summed E-state index contributed by atoms with van der Waals surface area (Å²) in [6, 6.07) is 20.2. The summed E-state index contributed by atoms with van der Waals surface area (Å²) in [5.74, 6) is 0.323. The van der Waals surface area contributed by atoms with Gasteiger partial charge in [-0.05, 0) is 54.2 Å². The van der Waals surface area contributed by atoms with Gasteiger partial charge in [-0.3, -0.25) is 14.8 Å². The predicted octanol–water partition coefficient (Wildman–Crippen LogP) is 5.67. The van der Waals surface area contributed by atoms with Gasteiger partial charge in [0.1, 0.15) is 17.8 Å². The minimum absolute atomic E-state index is 0.00557. The number of aromatic amines is 1. The van der Waals surface area contributed by atoms with E-state index in [1.54, 1.807) is 36.4 Å². The molecule has 0 radical (unpaired) electrons. The molecule has 12 heteroatoms. The number of phenols is 1. The van der Waals surface area contributed by atoms with Gasteiger partial charge in [0.25, 0.3) is 10.0 Å². The second kappa shape index (κ2) is 9.76. The van der Waals surface area contributed by atoms with E-state index in [2.05, 4.69) is 24.8 Å². The van der Waals surface area contributed by atoms with Crippen molar-refractivity contribution in [2.75, 3.05) is 4.72 Å². The lowest BCUT2D eigenvalue weighted by Crippen LogP contribution is -2.13. The molecule has 36 heavy (non-hydrogen) atoms. The van der Waals surface area contributed by atoms with E-state index < -0.39 is 10.0 Å². The molecule has 0 fully saturated rings. The number of sulfonamides is 1. The fourth-order valence-electron chi connectivity index (χ4n) is 3.46. The molecule has 0 unspecified atom stereocenters. The van der Waals surface area contributed by atoms with Gasteiger partial charge in [0, 0.05) is 15.3 Å². The van der Waals surface area contributed by atoms with Gasteiger partial charge in [0.15, 0.2) is 10.9 Å². The van der Waals surface area contributed by atoms with Gasteiger partial charge in [-0.2, -0.15) is 5.10 Å². The van der Waals surface area contributed by atoms with Gasteiger partial charge in [-0.15, -0.1) is 0 Å². The molecule has 0 bridgehead atoms. The third-order valence-corrected chi connectivity index (χ3v) is 7.42. The van der Waals surface area contributed by atoms with Crippen LogP contribution in [0.5, 0.6) is 23.0 Å². The quantitative estimate of drug-likeness (QED) is 0.222. The summed E-state index contributed by atoms with van der Waals surface area (Å²) < 4.78 is 47.3. The molecule has 0 spiro atoms. The van der Waals surface area contributed by atoms with E-state index in [1.807, 2.05) is 0 Å². The van der Waals surface area contributed by atoms with Gasteiger partial charge in [-0.1, -0.05) is 36.4 Å². The molecule has 5 aromatic rings. The van der Waals surface area contributed by atoms with Crippen LogP contribution in [0.15, 0.2) is 100 Å². The Bertz CT molecular complexity index is 1630. The van der Waals surface area contributed by atoms with Crippen LogP contribution in [-0.4, -0.2) is 28.7 Å². The maximum absolute atomic E-state index is 13.2. The Morgan fingerprint density at radius 1 is 0.944 bits per heavy atom. The van der Waals surface area contributed by atoms with Crippen molar-refractivity contribution in [1.29, 1.82) is 0 Å². The first-order valence-corrected chi connectivity index (χ1v) is 12.7. The number of hydrogen-bond acceptors (Lipinski definition) is 8. The number of anilines is 1. The summed E-state index contributed by atoms with van der Waals surface area (Å²) in [4.78, 5) is 8.20. The molecule has 0 saturated heterocycles. The van der Waals surface area contributed by atoms with Gasteiger partial charge >= 0.3 is 0 Å². The Morgan fingerprint density at radius 3 is 2.33 bits per heavy atom. The van der Waals surface area contributed by atoms with Crippen LogP contribution >= 0.6 is 11.8 Å². The molecule has 0 atom stereocenters. The van der Waals surface area contributed by atoms with E-state index in [0.717, 1.165) is 11.8 Å². The summed E-state index contributed by atoms with van der Waals surface area (Å²) in [6.45, 7) is 0. The number of rotatable bonds is 8. The molecule has 4 aromatic carbocycles. The maximum Gasteiger partial charge on any atom is 0.261 e. The molecule has 9 nitrogen and oxygen atoms in total. The largest absolute Gasteiger partial charge is 0.506 e. The Hall–Kier alpha value is -4.29. The van der Waals surface area contributed by atoms with Crippen molar-refractivity contribution in [3.05, 3.63) is 85.2 Å². The molecule has 0 aliphatic rings. The van der Waals surface area contributed by atoms with Crippen molar-refractivity contribution in [2.24, 2.45) is 0 Å². The average molecular weight is 525 g/mol. The summed E-state index contributed by atoms with van der Waals surface area (Å²) in [5.41, 5.74) is 0.278. The predicted molar refractivity (Wildman–Crippen MR) is 132 cm³/mol. The topological polar surface area (TPSA) is 126 Å². The van der Waals surface area contributed by atoms with Crippen molar-refractivity contribution in [3.8, 4) is 23.0 Å². The van der Waals surface area contributed by atoms with Crippen LogP contribution in [0.2, 0.25) is 0 Å². The first-order valence-electron chi connectivity index (χ1n) is 10.4. The highest BCUT2D eigenvalue weighted by molar-refractivity contribution is 7.99. The summed E-state index contributed by atoms with van der Waals surface area (Å²) in [7, 11) is -4.02. The number of nitrogens with one attached hydrogen (secondary N) is 2. The molecule has 5 rings (SSSR count). The summed E-state index contributed by atoms with van der Waals surface area (Å²) >= 11 is 1.11. The van der Waals surface area contributed by atoms with Crippen LogP contribution in [-0.2, 0) is 10.0 Å². The normalized spacial score (nSPS) is 11.4. The minimum atomic E-state index is -4.02. The average Bonchev–Trinajstić information content (AvgIpc) is 3.40. The molecular weight excluding hydrogens is 507 g/mol. The SMILES string of the molecule is O=S(=O)(Nc1cc(Sc2ncn[nH]2)c(O)c2ccccc12)c1ccc(Oc2ccccc2OF)cc1. The second-order valence-corrected chi connectivity index (χ2v) is 10.1. The highest BCUT2D eigenvalue weighted by Crippen LogP contribution is 2.42.